The zero-order valence-electron chi connectivity index (χ0n) is 17.5. The van der Waals surface area contributed by atoms with Gasteiger partial charge in [0.2, 0.25) is 0 Å². The standard InChI is InChI=1S/C24H32O4Si/c1-19(13-25-15-21-17-27-21)29(23-9-5-3-6-10-23,24-11-7-4-8-12-24)20(2)14-26-16-22-18-28-22/h3-12,19-22H,13-18H2,1-2H3. The summed E-state index contributed by atoms with van der Waals surface area (Å²) in [4.78, 5) is 0. The lowest BCUT2D eigenvalue weighted by Crippen LogP contribution is -2.65. The first-order valence-corrected chi connectivity index (χ1v) is 12.9. The molecule has 4 atom stereocenters. The van der Waals surface area contributed by atoms with E-state index < -0.39 is 8.07 Å². The normalized spacial score (nSPS) is 22.8. The molecule has 2 fully saturated rings. The van der Waals surface area contributed by atoms with Gasteiger partial charge in [-0.1, -0.05) is 84.9 Å². The van der Waals surface area contributed by atoms with Gasteiger partial charge < -0.3 is 18.9 Å². The Balaban J connectivity index is 1.64. The Hall–Kier alpha value is -1.50. The van der Waals surface area contributed by atoms with E-state index in [1.165, 1.54) is 10.4 Å². The summed E-state index contributed by atoms with van der Waals surface area (Å²) in [5.41, 5.74) is 0.809. The summed E-state index contributed by atoms with van der Waals surface area (Å²) in [6.45, 7) is 9.27. The first-order chi connectivity index (χ1) is 14.2. The minimum atomic E-state index is -2.19. The predicted octanol–water partition coefficient (Wildman–Crippen LogP) is 2.86. The lowest BCUT2D eigenvalue weighted by Gasteiger charge is -2.43. The minimum Gasteiger partial charge on any atom is -0.379 e. The average Bonchev–Trinajstić information content (AvgIpc) is 3.66. The topological polar surface area (TPSA) is 43.5 Å². The average molecular weight is 413 g/mol. The molecule has 0 N–H and O–H groups in total. The zero-order valence-corrected chi connectivity index (χ0v) is 18.5. The molecule has 0 spiro atoms. The van der Waals surface area contributed by atoms with Crippen LogP contribution in [0.5, 0.6) is 0 Å². The molecule has 0 radical (unpaired) electrons. The number of hydrogen-bond donors (Lipinski definition) is 0. The molecule has 5 heteroatoms. The summed E-state index contributed by atoms with van der Waals surface area (Å²) in [5, 5.41) is 2.90. The van der Waals surface area contributed by atoms with Crippen molar-refractivity contribution in [1.29, 1.82) is 0 Å². The van der Waals surface area contributed by atoms with Gasteiger partial charge >= 0.3 is 0 Å². The fourth-order valence-corrected chi connectivity index (χ4v) is 10.4. The van der Waals surface area contributed by atoms with Crippen molar-refractivity contribution >= 4 is 18.4 Å². The highest BCUT2D eigenvalue weighted by atomic mass is 28.3. The first-order valence-electron chi connectivity index (χ1n) is 10.7. The Morgan fingerprint density at radius 1 is 0.759 bits per heavy atom. The third-order valence-corrected chi connectivity index (χ3v) is 12.2. The van der Waals surface area contributed by atoms with E-state index in [1.807, 2.05) is 0 Å². The molecule has 0 amide bonds. The van der Waals surface area contributed by atoms with Crippen LogP contribution in [0.3, 0.4) is 0 Å². The Kier molecular flexibility index (Phi) is 6.83. The number of rotatable bonds is 12. The second kappa shape index (κ2) is 9.54. The van der Waals surface area contributed by atoms with Crippen molar-refractivity contribution in [1.82, 2.24) is 0 Å². The summed E-state index contributed by atoms with van der Waals surface area (Å²) in [7, 11) is -2.19. The van der Waals surface area contributed by atoms with Crippen molar-refractivity contribution in [3.05, 3.63) is 60.7 Å². The van der Waals surface area contributed by atoms with E-state index in [0.29, 0.717) is 36.5 Å². The Labute approximate surface area is 175 Å². The number of ether oxygens (including phenoxy) is 4. The molecule has 0 saturated carbocycles. The Morgan fingerprint density at radius 3 is 1.48 bits per heavy atom. The molecule has 2 aromatic carbocycles. The van der Waals surface area contributed by atoms with Gasteiger partial charge in [-0.3, -0.25) is 0 Å². The van der Waals surface area contributed by atoms with Gasteiger partial charge in [0.05, 0.1) is 26.4 Å². The lowest BCUT2D eigenvalue weighted by atomic mass is 10.3. The van der Waals surface area contributed by atoms with Gasteiger partial charge in [0.1, 0.15) is 20.3 Å². The second-order valence-corrected chi connectivity index (χ2v) is 13.3. The fourth-order valence-electron chi connectivity index (χ4n) is 4.56. The van der Waals surface area contributed by atoms with Gasteiger partial charge in [-0.15, -0.1) is 0 Å². The molecule has 0 aromatic heterocycles. The predicted molar refractivity (Wildman–Crippen MR) is 118 cm³/mol. The molecule has 4 rings (SSSR count). The highest BCUT2D eigenvalue weighted by Crippen LogP contribution is 2.34. The smallest absolute Gasteiger partial charge is 0.128 e. The quantitative estimate of drug-likeness (QED) is 0.397. The van der Waals surface area contributed by atoms with E-state index in [0.717, 1.165) is 26.4 Å². The molecule has 2 aliphatic rings. The first kappa shape index (κ1) is 20.8. The van der Waals surface area contributed by atoms with Crippen molar-refractivity contribution < 1.29 is 18.9 Å². The van der Waals surface area contributed by atoms with E-state index in [9.17, 15) is 0 Å². The molecular weight excluding hydrogens is 380 g/mol. The van der Waals surface area contributed by atoms with Crippen molar-refractivity contribution in [3.63, 3.8) is 0 Å². The molecule has 29 heavy (non-hydrogen) atoms. The molecule has 2 saturated heterocycles. The summed E-state index contributed by atoms with van der Waals surface area (Å²) in [6.07, 6.45) is 0.594. The number of benzene rings is 2. The van der Waals surface area contributed by atoms with E-state index in [2.05, 4.69) is 74.5 Å². The highest BCUT2D eigenvalue weighted by Gasteiger charge is 2.47. The van der Waals surface area contributed by atoms with E-state index >= 15 is 0 Å². The van der Waals surface area contributed by atoms with Crippen LogP contribution in [0, 0.1) is 0 Å². The summed E-state index contributed by atoms with van der Waals surface area (Å²) < 4.78 is 22.9. The van der Waals surface area contributed by atoms with Crippen molar-refractivity contribution in [2.24, 2.45) is 0 Å². The van der Waals surface area contributed by atoms with Crippen LogP contribution in [0.25, 0.3) is 0 Å². The van der Waals surface area contributed by atoms with Crippen LogP contribution >= 0.6 is 0 Å². The Morgan fingerprint density at radius 2 is 1.14 bits per heavy atom. The third kappa shape index (κ3) is 4.98. The van der Waals surface area contributed by atoms with Gasteiger partial charge in [0.15, 0.2) is 0 Å². The van der Waals surface area contributed by atoms with Gasteiger partial charge in [-0.05, 0) is 11.1 Å². The number of epoxide rings is 2. The molecule has 4 unspecified atom stereocenters. The van der Waals surface area contributed by atoms with Gasteiger partial charge in [0.25, 0.3) is 0 Å². The molecule has 0 bridgehead atoms. The monoisotopic (exact) mass is 412 g/mol. The van der Waals surface area contributed by atoms with Crippen molar-refractivity contribution in [3.8, 4) is 0 Å². The van der Waals surface area contributed by atoms with Crippen molar-refractivity contribution in [2.75, 3.05) is 39.6 Å². The van der Waals surface area contributed by atoms with Crippen LogP contribution < -0.4 is 10.4 Å². The lowest BCUT2D eigenvalue weighted by molar-refractivity contribution is 0.109. The molecule has 156 valence electrons. The van der Waals surface area contributed by atoms with E-state index in [1.54, 1.807) is 0 Å². The van der Waals surface area contributed by atoms with Crippen molar-refractivity contribution in [2.45, 2.75) is 37.1 Å². The third-order valence-electron chi connectivity index (χ3n) is 6.21. The van der Waals surface area contributed by atoms with Crippen LogP contribution in [0.1, 0.15) is 13.8 Å². The van der Waals surface area contributed by atoms with Crippen LogP contribution in [-0.4, -0.2) is 59.9 Å². The van der Waals surface area contributed by atoms with E-state index in [4.69, 9.17) is 18.9 Å². The van der Waals surface area contributed by atoms with E-state index in [-0.39, 0.29) is 0 Å². The number of hydrogen-bond acceptors (Lipinski definition) is 4. The van der Waals surface area contributed by atoms with Crippen LogP contribution in [0.15, 0.2) is 60.7 Å². The molecule has 0 aliphatic carbocycles. The molecule has 2 aromatic rings. The largest absolute Gasteiger partial charge is 0.379 e. The Bertz CT molecular complexity index is 680. The minimum absolute atomic E-state index is 0.297. The highest BCUT2D eigenvalue weighted by molar-refractivity contribution is 7.04. The maximum atomic E-state index is 6.12. The van der Waals surface area contributed by atoms with Crippen LogP contribution in [0.4, 0.5) is 0 Å². The summed E-state index contributed by atoms with van der Waals surface area (Å²) >= 11 is 0. The SMILES string of the molecule is CC(COCC1CO1)[Si](c1ccccc1)(c1ccccc1)C(C)COCC1CO1. The summed E-state index contributed by atoms with van der Waals surface area (Å²) in [6, 6.07) is 22.1. The molecular formula is C24H32O4Si. The molecule has 4 nitrogen and oxygen atoms in total. The van der Waals surface area contributed by atoms with Crippen LogP contribution in [0.2, 0.25) is 11.1 Å². The summed E-state index contributed by atoms with van der Waals surface area (Å²) in [5.74, 6) is 0. The van der Waals surface area contributed by atoms with Gasteiger partial charge in [0, 0.05) is 13.2 Å². The molecule has 2 heterocycles. The fraction of sp³-hybridized carbons (Fsp3) is 0.500. The maximum absolute atomic E-state index is 6.12. The van der Waals surface area contributed by atoms with Gasteiger partial charge in [-0.2, -0.15) is 0 Å². The maximum Gasteiger partial charge on any atom is 0.128 e. The second-order valence-electron chi connectivity index (χ2n) is 8.39. The van der Waals surface area contributed by atoms with Gasteiger partial charge in [-0.25, -0.2) is 0 Å². The zero-order chi connectivity index (χ0) is 20.1. The van der Waals surface area contributed by atoms with Crippen LogP contribution in [-0.2, 0) is 18.9 Å². The molecule has 2 aliphatic heterocycles.